The highest BCUT2D eigenvalue weighted by molar-refractivity contribution is 5.83. The number of non-ortho nitro benzene ring substituents is 1. The normalized spacial score (nSPS) is 10.8. The van der Waals surface area contributed by atoms with Crippen LogP contribution in [-0.4, -0.2) is 14.7 Å². The predicted octanol–water partition coefficient (Wildman–Crippen LogP) is 3.24. The van der Waals surface area contributed by atoms with Gasteiger partial charge in [0.25, 0.3) is 5.69 Å². The van der Waals surface area contributed by atoms with Gasteiger partial charge < -0.3 is 0 Å². The van der Waals surface area contributed by atoms with Crippen LogP contribution in [0, 0.1) is 17.0 Å². The number of aromatic nitrogens is 2. The summed E-state index contributed by atoms with van der Waals surface area (Å²) in [5.41, 5.74) is 2.61. The number of nitro groups is 1. The van der Waals surface area contributed by atoms with Gasteiger partial charge in [0.15, 0.2) is 0 Å². The van der Waals surface area contributed by atoms with E-state index in [0.717, 1.165) is 16.6 Å². The Hall–Kier alpha value is -2.69. The molecule has 0 aliphatic rings. The van der Waals surface area contributed by atoms with E-state index in [1.165, 1.54) is 12.1 Å². The van der Waals surface area contributed by atoms with Crippen LogP contribution in [0.15, 0.2) is 48.5 Å². The molecule has 0 aliphatic carbocycles. The maximum absolute atomic E-state index is 10.8. The SMILES string of the molecule is Cc1nn(-c2cccc([N+](=O)[O-])c2)c2ccccc12. The standard InChI is InChI=1S/C14H11N3O2/c1-10-13-7-2-3-8-14(13)16(15-10)11-5-4-6-12(9-11)17(18)19/h2-9H,1H3. The van der Waals surface area contributed by atoms with Gasteiger partial charge in [0.1, 0.15) is 0 Å². The summed E-state index contributed by atoms with van der Waals surface area (Å²) in [6.07, 6.45) is 0. The highest BCUT2D eigenvalue weighted by Crippen LogP contribution is 2.23. The van der Waals surface area contributed by atoms with Crippen LogP contribution in [0.4, 0.5) is 5.69 Å². The summed E-state index contributed by atoms with van der Waals surface area (Å²) in [4.78, 5) is 10.4. The second-order valence-electron chi connectivity index (χ2n) is 4.29. The molecule has 0 N–H and O–H groups in total. The van der Waals surface area contributed by atoms with Crippen LogP contribution in [0.1, 0.15) is 5.69 Å². The number of hydrogen-bond acceptors (Lipinski definition) is 3. The first-order valence-electron chi connectivity index (χ1n) is 5.86. The lowest BCUT2D eigenvalue weighted by atomic mass is 10.2. The van der Waals surface area contributed by atoms with Crippen molar-refractivity contribution in [3.8, 4) is 5.69 Å². The van der Waals surface area contributed by atoms with Gasteiger partial charge >= 0.3 is 0 Å². The van der Waals surface area contributed by atoms with Crippen LogP contribution >= 0.6 is 0 Å². The van der Waals surface area contributed by atoms with Gasteiger partial charge in [0.05, 0.1) is 21.8 Å². The summed E-state index contributed by atoms with van der Waals surface area (Å²) in [5.74, 6) is 0. The van der Waals surface area contributed by atoms with Gasteiger partial charge in [-0.3, -0.25) is 10.1 Å². The lowest BCUT2D eigenvalue weighted by molar-refractivity contribution is -0.384. The van der Waals surface area contributed by atoms with Crippen molar-refractivity contribution in [1.29, 1.82) is 0 Å². The molecule has 0 amide bonds. The molecule has 2 aromatic carbocycles. The van der Waals surface area contributed by atoms with Crippen LogP contribution in [0.5, 0.6) is 0 Å². The average molecular weight is 253 g/mol. The van der Waals surface area contributed by atoms with Gasteiger partial charge in [-0.25, -0.2) is 4.68 Å². The third-order valence-electron chi connectivity index (χ3n) is 3.06. The minimum Gasteiger partial charge on any atom is -0.258 e. The Kier molecular flexibility index (Phi) is 2.52. The van der Waals surface area contributed by atoms with E-state index in [2.05, 4.69) is 5.10 Å². The van der Waals surface area contributed by atoms with E-state index in [4.69, 9.17) is 0 Å². The van der Waals surface area contributed by atoms with E-state index < -0.39 is 4.92 Å². The van der Waals surface area contributed by atoms with E-state index >= 15 is 0 Å². The second kappa shape index (κ2) is 4.20. The summed E-state index contributed by atoms with van der Waals surface area (Å²) >= 11 is 0. The number of nitro benzene ring substituents is 1. The van der Waals surface area contributed by atoms with Crippen molar-refractivity contribution in [3.05, 3.63) is 64.3 Å². The fourth-order valence-electron chi connectivity index (χ4n) is 2.16. The van der Waals surface area contributed by atoms with Crippen LogP contribution < -0.4 is 0 Å². The van der Waals surface area contributed by atoms with Crippen molar-refractivity contribution in [3.63, 3.8) is 0 Å². The van der Waals surface area contributed by atoms with Crippen molar-refractivity contribution in [1.82, 2.24) is 9.78 Å². The molecule has 0 fully saturated rings. The van der Waals surface area contributed by atoms with Crippen molar-refractivity contribution in [2.24, 2.45) is 0 Å². The zero-order chi connectivity index (χ0) is 13.4. The molecule has 5 heteroatoms. The number of rotatable bonds is 2. The molecule has 0 spiro atoms. The second-order valence-corrected chi connectivity index (χ2v) is 4.29. The molecule has 0 saturated heterocycles. The molecule has 0 bridgehead atoms. The topological polar surface area (TPSA) is 61.0 Å². The highest BCUT2D eigenvalue weighted by Gasteiger charge is 2.11. The van der Waals surface area contributed by atoms with E-state index in [1.54, 1.807) is 10.7 Å². The Morgan fingerprint density at radius 3 is 2.74 bits per heavy atom. The Morgan fingerprint density at radius 1 is 1.16 bits per heavy atom. The summed E-state index contributed by atoms with van der Waals surface area (Å²) in [5, 5.41) is 16.3. The lowest BCUT2D eigenvalue weighted by Gasteiger charge is -2.02. The van der Waals surface area contributed by atoms with Gasteiger partial charge in [-0.05, 0) is 19.1 Å². The van der Waals surface area contributed by atoms with Gasteiger partial charge in [-0.15, -0.1) is 0 Å². The molecule has 3 rings (SSSR count). The molecule has 0 atom stereocenters. The van der Waals surface area contributed by atoms with Crippen molar-refractivity contribution < 1.29 is 4.92 Å². The van der Waals surface area contributed by atoms with Crippen LogP contribution in [0.2, 0.25) is 0 Å². The fourth-order valence-corrected chi connectivity index (χ4v) is 2.16. The molecule has 0 aliphatic heterocycles. The number of hydrogen-bond donors (Lipinski definition) is 0. The number of nitrogens with zero attached hydrogens (tertiary/aromatic N) is 3. The van der Waals surface area contributed by atoms with Crippen molar-refractivity contribution in [2.75, 3.05) is 0 Å². The van der Waals surface area contributed by atoms with E-state index in [1.807, 2.05) is 37.3 Å². The Labute approximate surface area is 109 Å². The highest BCUT2D eigenvalue weighted by atomic mass is 16.6. The van der Waals surface area contributed by atoms with Crippen molar-refractivity contribution >= 4 is 16.6 Å². The van der Waals surface area contributed by atoms with Crippen LogP contribution in [-0.2, 0) is 0 Å². The van der Waals surface area contributed by atoms with Gasteiger partial charge in [-0.2, -0.15) is 5.10 Å². The molecule has 0 saturated carbocycles. The number of aryl methyl sites for hydroxylation is 1. The molecule has 0 radical (unpaired) electrons. The minimum absolute atomic E-state index is 0.0646. The first-order chi connectivity index (χ1) is 9.16. The molecular weight excluding hydrogens is 242 g/mol. The summed E-state index contributed by atoms with van der Waals surface area (Å²) in [6.45, 7) is 1.93. The zero-order valence-corrected chi connectivity index (χ0v) is 10.3. The van der Waals surface area contributed by atoms with Gasteiger partial charge in [0.2, 0.25) is 0 Å². The molecule has 19 heavy (non-hydrogen) atoms. The molecule has 1 aromatic heterocycles. The van der Waals surface area contributed by atoms with E-state index in [0.29, 0.717) is 5.69 Å². The lowest BCUT2D eigenvalue weighted by Crippen LogP contribution is -1.97. The smallest absolute Gasteiger partial charge is 0.258 e. The molecular formula is C14H11N3O2. The number of fused-ring (bicyclic) bond motifs is 1. The van der Waals surface area contributed by atoms with Crippen molar-refractivity contribution in [2.45, 2.75) is 6.92 Å². The Morgan fingerprint density at radius 2 is 1.95 bits per heavy atom. The Balaban J connectivity index is 2.25. The van der Waals surface area contributed by atoms with Gasteiger partial charge in [0, 0.05) is 17.5 Å². The molecule has 3 aromatic rings. The quantitative estimate of drug-likeness (QED) is 0.520. The third-order valence-corrected chi connectivity index (χ3v) is 3.06. The number of para-hydroxylation sites is 1. The molecule has 1 heterocycles. The summed E-state index contributed by atoms with van der Waals surface area (Å²) in [6, 6.07) is 14.3. The van der Waals surface area contributed by atoms with E-state index in [-0.39, 0.29) is 5.69 Å². The largest absolute Gasteiger partial charge is 0.271 e. The Bertz CT molecular complexity index is 777. The van der Waals surface area contributed by atoms with Crippen LogP contribution in [0.3, 0.4) is 0 Å². The van der Waals surface area contributed by atoms with E-state index in [9.17, 15) is 10.1 Å². The van der Waals surface area contributed by atoms with Crippen LogP contribution in [0.25, 0.3) is 16.6 Å². The van der Waals surface area contributed by atoms with Gasteiger partial charge in [-0.1, -0.05) is 24.3 Å². The average Bonchev–Trinajstić information content (AvgIpc) is 2.77. The maximum Gasteiger partial charge on any atom is 0.271 e. The summed E-state index contributed by atoms with van der Waals surface area (Å²) < 4.78 is 1.73. The summed E-state index contributed by atoms with van der Waals surface area (Å²) in [7, 11) is 0. The number of benzene rings is 2. The third kappa shape index (κ3) is 1.85. The predicted molar refractivity (Wildman–Crippen MR) is 72.5 cm³/mol. The zero-order valence-electron chi connectivity index (χ0n) is 10.3. The fraction of sp³-hybridized carbons (Fsp3) is 0.0714. The monoisotopic (exact) mass is 253 g/mol. The molecule has 5 nitrogen and oxygen atoms in total. The molecule has 0 unspecified atom stereocenters. The first kappa shape index (κ1) is 11.4. The molecule has 94 valence electrons. The first-order valence-corrected chi connectivity index (χ1v) is 5.86. The minimum atomic E-state index is -0.401. The maximum atomic E-state index is 10.8.